The summed E-state index contributed by atoms with van der Waals surface area (Å²) in [6.45, 7) is 8.78. The van der Waals surface area contributed by atoms with Crippen molar-refractivity contribution in [1.29, 1.82) is 0 Å². The van der Waals surface area contributed by atoms with E-state index in [4.69, 9.17) is 5.11 Å². The van der Waals surface area contributed by atoms with Crippen molar-refractivity contribution in [3.8, 4) is 0 Å². The SMILES string of the molecule is CCC(C)N(C)CCNC(=O)C(C)C(C)C(=O)O. The number of carboxylic acid groups (broad SMARTS) is 1. The first-order valence-electron chi connectivity index (χ1n) is 6.52. The van der Waals surface area contributed by atoms with Crippen molar-refractivity contribution in [3.05, 3.63) is 0 Å². The number of hydrogen-bond acceptors (Lipinski definition) is 3. The van der Waals surface area contributed by atoms with E-state index in [2.05, 4.69) is 24.1 Å². The Bertz CT molecular complexity index is 281. The molecule has 0 rings (SSSR count). The van der Waals surface area contributed by atoms with Crippen LogP contribution < -0.4 is 5.32 Å². The van der Waals surface area contributed by atoms with Crippen LogP contribution in [0, 0.1) is 11.8 Å². The average Bonchev–Trinajstić information content (AvgIpc) is 2.35. The third kappa shape index (κ3) is 5.49. The summed E-state index contributed by atoms with van der Waals surface area (Å²) in [5.74, 6) is -2.29. The average molecular weight is 258 g/mol. The first kappa shape index (κ1) is 16.9. The molecule has 0 aliphatic heterocycles. The van der Waals surface area contributed by atoms with Crippen molar-refractivity contribution >= 4 is 11.9 Å². The van der Waals surface area contributed by atoms with Crippen molar-refractivity contribution < 1.29 is 14.7 Å². The molecule has 0 spiro atoms. The van der Waals surface area contributed by atoms with E-state index in [9.17, 15) is 9.59 Å². The number of nitrogens with one attached hydrogen (secondary N) is 1. The minimum absolute atomic E-state index is 0.192. The number of carbonyl (C=O) groups excluding carboxylic acids is 1. The molecule has 0 heterocycles. The fraction of sp³-hybridized carbons (Fsp3) is 0.846. The summed E-state index contributed by atoms with van der Waals surface area (Å²) >= 11 is 0. The van der Waals surface area contributed by atoms with E-state index in [1.54, 1.807) is 13.8 Å². The van der Waals surface area contributed by atoms with Gasteiger partial charge in [-0.25, -0.2) is 0 Å². The largest absolute Gasteiger partial charge is 0.481 e. The first-order chi connectivity index (χ1) is 8.31. The summed E-state index contributed by atoms with van der Waals surface area (Å²) < 4.78 is 0. The van der Waals surface area contributed by atoms with Gasteiger partial charge in [0, 0.05) is 25.0 Å². The molecule has 0 aromatic carbocycles. The van der Waals surface area contributed by atoms with Crippen molar-refractivity contribution in [1.82, 2.24) is 10.2 Å². The molecular formula is C13H26N2O3. The van der Waals surface area contributed by atoms with Crippen molar-refractivity contribution in [2.75, 3.05) is 20.1 Å². The smallest absolute Gasteiger partial charge is 0.307 e. The molecule has 106 valence electrons. The Morgan fingerprint density at radius 2 is 1.78 bits per heavy atom. The molecule has 5 heteroatoms. The van der Waals surface area contributed by atoms with Crippen LogP contribution in [-0.4, -0.2) is 48.1 Å². The highest BCUT2D eigenvalue weighted by Gasteiger charge is 2.25. The van der Waals surface area contributed by atoms with Crippen LogP contribution in [0.25, 0.3) is 0 Å². The van der Waals surface area contributed by atoms with Gasteiger partial charge in [-0.3, -0.25) is 9.59 Å². The maximum Gasteiger partial charge on any atom is 0.307 e. The molecule has 1 amide bonds. The quantitative estimate of drug-likeness (QED) is 0.686. The van der Waals surface area contributed by atoms with Gasteiger partial charge in [0.05, 0.1) is 5.92 Å². The van der Waals surface area contributed by atoms with Gasteiger partial charge in [0.2, 0.25) is 5.91 Å². The summed E-state index contributed by atoms with van der Waals surface area (Å²) in [7, 11) is 2.02. The first-order valence-corrected chi connectivity index (χ1v) is 6.52. The van der Waals surface area contributed by atoms with E-state index in [0.29, 0.717) is 12.6 Å². The number of carboxylic acids is 1. The van der Waals surface area contributed by atoms with Crippen LogP contribution in [0.4, 0.5) is 0 Å². The molecule has 3 unspecified atom stereocenters. The Labute approximate surface area is 110 Å². The zero-order valence-corrected chi connectivity index (χ0v) is 12.1. The van der Waals surface area contributed by atoms with Gasteiger partial charge in [0.25, 0.3) is 0 Å². The molecule has 0 saturated heterocycles. The molecule has 18 heavy (non-hydrogen) atoms. The fourth-order valence-corrected chi connectivity index (χ4v) is 1.49. The number of amides is 1. The van der Waals surface area contributed by atoms with E-state index >= 15 is 0 Å². The zero-order valence-electron chi connectivity index (χ0n) is 12.1. The lowest BCUT2D eigenvalue weighted by molar-refractivity contribution is -0.146. The van der Waals surface area contributed by atoms with Crippen LogP contribution in [0.15, 0.2) is 0 Å². The predicted molar refractivity (Wildman–Crippen MR) is 71.4 cm³/mol. The number of aliphatic carboxylic acids is 1. The Balaban J connectivity index is 4.00. The molecule has 0 bridgehead atoms. The zero-order chi connectivity index (χ0) is 14.3. The topological polar surface area (TPSA) is 69.6 Å². The van der Waals surface area contributed by atoms with E-state index in [-0.39, 0.29) is 5.91 Å². The number of nitrogens with zero attached hydrogens (tertiary/aromatic N) is 1. The van der Waals surface area contributed by atoms with Crippen LogP contribution in [-0.2, 0) is 9.59 Å². The molecule has 2 N–H and O–H groups in total. The third-order valence-corrected chi connectivity index (χ3v) is 3.66. The minimum Gasteiger partial charge on any atom is -0.481 e. The second kappa shape index (κ2) is 8.08. The summed E-state index contributed by atoms with van der Waals surface area (Å²) in [4.78, 5) is 24.7. The molecule has 5 nitrogen and oxygen atoms in total. The molecular weight excluding hydrogens is 232 g/mol. The van der Waals surface area contributed by atoms with E-state index < -0.39 is 17.8 Å². The highest BCUT2D eigenvalue weighted by Crippen LogP contribution is 2.10. The number of hydrogen-bond donors (Lipinski definition) is 2. The number of carbonyl (C=O) groups is 2. The lowest BCUT2D eigenvalue weighted by Crippen LogP contribution is -2.40. The summed E-state index contributed by atoms with van der Waals surface area (Å²) in [5.41, 5.74) is 0. The Hall–Kier alpha value is -1.10. The second-order valence-corrected chi connectivity index (χ2v) is 4.94. The third-order valence-electron chi connectivity index (χ3n) is 3.66. The molecule has 0 fully saturated rings. The summed E-state index contributed by atoms with van der Waals surface area (Å²) in [6.07, 6.45) is 1.07. The van der Waals surface area contributed by atoms with E-state index in [1.165, 1.54) is 0 Å². The Morgan fingerprint density at radius 1 is 1.22 bits per heavy atom. The summed E-state index contributed by atoms with van der Waals surface area (Å²) in [6, 6.07) is 0.484. The standard InChI is InChI=1S/C13H26N2O3/c1-6-9(2)15(5)8-7-14-12(16)10(3)11(4)13(17)18/h9-11H,6-8H2,1-5H3,(H,14,16)(H,17,18). The fourth-order valence-electron chi connectivity index (χ4n) is 1.49. The lowest BCUT2D eigenvalue weighted by Gasteiger charge is -2.24. The van der Waals surface area contributed by atoms with Gasteiger partial charge in [-0.1, -0.05) is 20.8 Å². The molecule has 0 aromatic rings. The minimum atomic E-state index is -0.936. The molecule has 0 radical (unpaired) electrons. The van der Waals surface area contributed by atoms with Gasteiger partial charge in [-0.2, -0.15) is 0 Å². The van der Waals surface area contributed by atoms with Gasteiger partial charge >= 0.3 is 5.97 Å². The predicted octanol–water partition coefficient (Wildman–Crippen LogP) is 1.19. The van der Waals surface area contributed by atoms with Gasteiger partial charge in [-0.05, 0) is 20.4 Å². The second-order valence-electron chi connectivity index (χ2n) is 4.94. The number of rotatable bonds is 8. The summed E-state index contributed by atoms with van der Waals surface area (Å²) in [5, 5.41) is 11.6. The van der Waals surface area contributed by atoms with Crippen molar-refractivity contribution in [2.45, 2.75) is 40.2 Å². The van der Waals surface area contributed by atoms with Crippen LogP contribution >= 0.6 is 0 Å². The van der Waals surface area contributed by atoms with Gasteiger partial charge in [-0.15, -0.1) is 0 Å². The number of likely N-dealkylation sites (N-methyl/N-ethyl adjacent to an activating group) is 1. The monoisotopic (exact) mass is 258 g/mol. The molecule has 0 saturated carbocycles. The Morgan fingerprint density at radius 3 is 2.22 bits per heavy atom. The van der Waals surface area contributed by atoms with Gasteiger partial charge in [0.1, 0.15) is 0 Å². The van der Waals surface area contributed by atoms with Crippen LogP contribution in [0.5, 0.6) is 0 Å². The molecule has 0 aliphatic carbocycles. The maximum absolute atomic E-state index is 11.7. The Kier molecular flexibility index (Phi) is 7.59. The normalized spacial score (nSPS) is 16.1. The van der Waals surface area contributed by atoms with E-state index in [0.717, 1.165) is 13.0 Å². The highest BCUT2D eigenvalue weighted by molar-refractivity contribution is 5.84. The van der Waals surface area contributed by atoms with E-state index in [1.807, 2.05) is 7.05 Å². The lowest BCUT2D eigenvalue weighted by atomic mass is 9.95. The maximum atomic E-state index is 11.7. The highest BCUT2D eigenvalue weighted by atomic mass is 16.4. The van der Waals surface area contributed by atoms with Crippen LogP contribution in [0.3, 0.4) is 0 Å². The van der Waals surface area contributed by atoms with Crippen LogP contribution in [0.1, 0.15) is 34.1 Å². The van der Waals surface area contributed by atoms with Gasteiger partial charge in [0.15, 0.2) is 0 Å². The van der Waals surface area contributed by atoms with Crippen molar-refractivity contribution in [3.63, 3.8) is 0 Å². The molecule has 3 atom stereocenters. The van der Waals surface area contributed by atoms with Crippen LogP contribution in [0.2, 0.25) is 0 Å². The molecule has 0 aromatic heterocycles. The molecule has 0 aliphatic rings. The van der Waals surface area contributed by atoms with Crippen molar-refractivity contribution in [2.24, 2.45) is 11.8 Å². The van der Waals surface area contributed by atoms with Gasteiger partial charge < -0.3 is 15.3 Å².